The summed E-state index contributed by atoms with van der Waals surface area (Å²) >= 11 is 12.0. The molecule has 124 valence electrons. The van der Waals surface area contributed by atoms with Crippen LogP contribution in [0, 0.1) is 5.92 Å². The monoisotopic (exact) mass is 343 g/mol. The van der Waals surface area contributed by atoms with Gasteiger partial charge in [0.2, 0.25) is 0 Å². The molecule has 0 heterocycles. The third-order valence-corrected chi connectivity index (χ3v) is 4.26. The number of aliphatic hydroxyl groups is 1. The van der Waals surface area contributed by atoms with Crippen LogP contribution in [-0.4, -0.2) is 36.8 Å². The summed E-state index contributed by atoms with van der Waals surface area (Å²) in [4.78, 5) is 2.13. The molecular formula is C18H27Cl2NO. The van der Waals surface area contributed by atoms with Crippen molar-refractivity contribution in [1.82, 2.24) is 4.90 Å². The molecule has 1 N–H and O–H groups in total. The van der Waals surface area contributed by atoms with Crippen LogP contribution in [0.4, 0.5) is 0 Å². The van der Waals surface area contributed by atoms with Crippen molar-refractivity contribution in [3.8, 4) is 0 Å². The molecule has 1 aromatic rings. The molecular weight excluding hydrogens is 317 g/mol. The zero-order valence-electron chi connectivity index (χ0n) is 13.7. The Labute approximate surface area is 144 Å². The number of benzene rings is 1. The van der Waals surface area contributed by atoms with Crippen LogP contribution in [0.1, 0.15) is 38.2 Å². The van der Waals surface area contributed by atoms with Crippen LogP contribution in [0.25, 0.3) is 6.08 Å². The van der Waals surface area contributed by atoms with Gasteiger partial charge < -0.3 is 10.0 Å². The van der Waals surface area contributed by atoms with Crippen molar-refractivity contribution in [2.75, 3.05) is 20.6 Å². The molecule has 0 aliphatic heterocycles. The Balaban J connectivity index is 2.71. The molecule has 0 radical (unpaired) electrons. The molecule has 22 heavy (non-hydrogen) atoms. The Morgan fingerprint density at radius 2 is 1.95 bits per heavy atom. The second-order valence-corrected chi connectivity index (χ2v) is 6.88. The fraction of sp³-hybridized carbons (Fsp3) is 0.556. The lowest BCUT2D eigenvalue weighted by Gasteiger charge is -2.24. The predicted octanol–water partition coefficient (Wildman–Crippen LogP) is 5.13. The summed E-state index contributed by atoms with van der Waals surface area (Å²) < 4.78 is 0. The van der Waals surface area contributed by atoms with Crippen molar-refractivity contribution in [2.45, 2.75) is 38.7 Å². The van der Waals surface area contributed by atoms with E-state index in [4.69, 9.17) is 23.2 Å². The molecule has 0 aliphatic carbocycles. The van der Waals surface area contributed by atoms with Crippen molar-refractivity contribution >= 4 is 29.3 Å². The van der Waals surface area contributed by atoms with E-state index >= 15 is 0 Å². The molecule has 1 aromatic carbocycles. The topological polar surface area (TPSA) is 23.5 Å². The largest absolute Gasteiger partial charge is 0.389 e. The first-order valence-electron chi connectivity index (χ1n) is 7.90. The Kier molecular flexibility index (Phi) is 9.11. The quantitative estimate of drug-likeness (QED) is 0.628. The normalized spacial score (nSPS) is 14.7. The molecule has 0 aliphatic rings. The first-order valence-corrected chi connectivity index (χ1v) is 8.65. The van der Waals surface area contributed by atoms with Crippen LogP contribution in [0.2, 0.25) is 10.0 Å². The standard InChI is InChI=1S/C18H27Cl2NO/c1-4-5-6-7-15(13-21(2)3)18(22)11-9-14-8-10-16(19)12-17(14)20/h8-12,15,18,22H,4-7,13H2,1-3H3. The van der Waals surface area contributed by atoms with Gasteiger partial charge in [0.1, 0.15) is 0 Å². The highest BCUT2D eigenvalue weighted by molar-refractivity contribution is 6.35. The average Bonchev–Trinajstić information content (AvgIpc) is 2.45. The lowest BCUT2D eigenvalue weighted by atomic mass is 9.94. The smallest absolute Gasteiger partial charge is 0.0764 e. The Morgan fingerprint density at radius 3 is 2.55 bits per heavy atom. The van der Waals surface area contributed by atoms with Gasteiger partial charge in [0, 0.05) is 22.5 Å². The predicted molar refractivity (Wildman–Crippen MR) is 97.7 cm³/mol. The number of unbranched alkanes of at least 4 members (excludes halogenated alkanes) is 2. The Bertz CT molecular complexity index is 474. The summed E-state index contributed by atoms with van der Waals surface area (Å²) in [6, 6.07) is 5.39. The minimum atomic E-state index is -0.467. The fourth-order valence-corrected chi connectivity index (χ4v) is 2.96. The Morgan fingerprint density at radius 1 is 1.23 bits per heavy atom. The fourth-order valence-electron chi connectivity index (χ4n) is 2.49. The maximum Gasteiger partial charge on any atom is 0.0764 e. The molecule has 0 bridgehead atoms. The van der Waals surface area contributed by atoms with E-state index in [0.29, 0.717) is 10.0 Å². The maximum atomic E-state index is 10.5. The molecule has 0 fully saturated rings. The van der Waals surface area contributed by atoms with Crippen LogP contribution in [-0.2, 0) is 0 Å². The minimum absolute atomic E-state index is 0.240. The van der Waals surface area contributed by atoms with E-state index in [9.17, 15) is 5.11 Å². The van der Waals surface area contributed by atoms with Gasteiger partial charge in [-0.15, -0.1) is 0 Å². The highest BCUT2D eigenvalue weighted by Gasteiger charge is 2.17. The summed E-state index contributed by atoms with van der Waals surface area (Å²) in [5, 5.41) is 11.7. The molecule has 4 heteroatoms. The van der Waals surface area contributed by atoms with Crippen molar-refractivity contribution in [3.63, 3.8) is 0 Å². The molecule has 1 rings (SSSR count). The van der Waals surface area contributed by atoms with Gasteiger partial charge in [-0.2, -0.15) is 0 Å². The molecule has 2 atom stereocenters. The zero-order valence-corrected chi connectivity index (χ0v) is 15.2. The first kappa shape index (κ1) is 19.5. The Hall–Kier alpha value is -0.540. The van der Waals surface area contributed by atoms with Crippen molar-refractivity contribution in [2.24, 2.45) is 5.92 Å². The number of rotatable bonds is 9. The van der Waals surface area contributed by atoms with E-state index in [1.165, 1.54) is 12.8 Å². The van der Waals surface area contributed by atoms with Crippen molar-refractivity contribution in [1.29, 1.82) is 0 Å². The summed E-state index contributed by atoms with van der Waals surface area (Å²) in [5.74, 6) is 0.240. The number of hydrogen-bond donors (Lipinski definition) is 1. The molecule has 0 aromatic heterocycles. The zero-order chi connectivity index (χ0) is 16.5. The first-order chi connectivity index (χ1) is 10.4. The van der Waals surface area contributed by atoms with E-state index in [1.807, 2.05) is 32.3 Å². The van der Waals surface area contributed by atoms with Crippen LogP contribution in [0.15, 0.2) is 24.3 Å². The van der Waals surface area contributed by atoms with E-state index in [0.717, 1.165) is 24.9 Å². The third kappa shape index (κ3) is 7.15. The van der Waals surface area contributed by atoms with Gasteiger partial charge in [-0.1, -0.05) is 67.6 Å². The van der Waals surface area contributed by atoms with Gasteiger partial charge in [-0.25, -0.2) is 0 Å². The number of aliphatic hydroxyl groups excluding tert-OH is 1. The molecule has 0 saturated heterocycles. The van der Waals surface area contributed by atoms with E-state index in [2.05, 4.69) is 11.8 Å². The van der Waals surface area contributed by atoms with Gasteiger partial charge in [-0.3, -0.25) is 0 Å². The van der Waals surface area contributed by atoms with Gasteiger partial charge in [0.25, 0.3) is 0 Å². The molecule has 0 saturated carbocycles. The van der Waals surface area contributed by atoms with Crippen LogP contribution >= 0.6 is 23.2 Å². The number of halogens is 2. The molecule has 2 nitrogen and oxygen atoms in total. The maximum absolute atomic E-state index is 10.5. The highest BCUT2D eigenvalue weighted by Crippen LogP contribution is 2.23. The molecule has 0 spiro atoms. The lowest BCUT2D eigenvalue weighted by Crippen LogP contribution is -2.30. The van der Waals surface area contributed by atoms with Crippen LogP contribution < -0.4 is 0 Å². The van der Waals surface area contributed by atoms with E-state index < -0.39 is 6.10 Å². The lowest BCUT2D eigenvalue weighted by molar-refractivity contribution is 0.122. The summed E-state index contributed by atoms with van der Waals surface area (Å²) in [6.07, 6.45) is 7.85. The van der Waals surface area contributed by atoms with Crippen LogP contribution in [0.5, 0.6) is 0 Å². The van der Waals surface area contributed by atoms with Crippen LogP contribution in [0.3, 0.4) is 0 Å². The number of hydrogen-bond acceptors (Lipinski definition) is 2. The SMILES string of the molecule is CCCCCC(CN(C)C)C(O)C=Cc1ccc(Cl)cc1Cl. The minimum Gasteiger partial charge on any atom is -0.389 e. The summed E-state index contributed by atoms with van der Waals surface area (Å²) in [5.41, 5.74) is 0.877. The second-order valence-electron chi connectivity index (χ2n) is 6.03. The van der Waals surface area contributed by atoms with Gasteiger partial charge in [0.05, 0.1) is 6.10 Å². The van der Waals surface area contributed by atoms with Crippen molar-refractivity contribution < 1.29 is 5.11 Å². The second kappa shape index (κ2) is 10.3. The van der Waals surface area contributed by atoms with Gasteiger partial charge >= 0.3 is 0 Å². The average molecular weight is 344 g/mol. The number of nitrogens with zero attached hydrogens (tertiary/aromatic N) is 1. The highest BCUT2D eigenvalue weighted by atomic mass is 35.5. The summed E-state index contributed by atoms with van der Waals surface area (Å²) in [6.45, 7) is 3.07. The molecule has 2 unspecified atom stereocenters. The molecule has 0 amide bonds. The van der Waals surface area contributed by atoms with E-state index in [1.54, 1.807) is 12.1 Å². The van der Waals surface area contributed by atoms with Crippen molar-refractivity contribution in [3.05, 3.63) is 39.9 Å². The third-order valence-electron chi connectivity index (χ3n) is 3.70. The summed E-state index contributed by atoms with van der Waals surface area (Å²) in [7, 11) is 4.08. The van der Waals surface area contributed by atoms with E-state index in [-0.39, 0.29) is 5.92 Å². The van der Waals surface area contributed by atoms with Gasteiger partial charge in [-0.05, 0) is 38.2 Å². The van der Waals surface area contributed by atoms with Gasteiger partial charge in [0.15, 0.2) is 0 Å².